The third kappa shape index (κ3) is 1.67. The van der Waals surface area contributed by atoms with Gasteiger partial charge in [0.2, 0.25) is 6.19 Å². The Bertz CT molecular complexity index is 258. The molecule has 47 valence electrons. The van der Waals surface area contributed by atoms with E-state index in [4.69, 9.17) is 5.26 Å². The van der Waals surface area contributed by atoms with Gasteiger partial charge in [-0.25, -0.2) is 0 Å². The Hall–Kier alpha value is -1.69. The first-order valence-corrected chi connectivity index (χ1v) is 2.69. The Morgan fingerprint density at radius 3 is 3.00 bits per heavy atom. The number of pyridine rings is 1. The Morgan fingerprint density at radius 2 is 2.40 bits per heavy atom. The predicted molar refractivity (Wildman–Crippen MR) is 36.4 cm³/mol. The number of aliphatic imine (C=N–C) groups is 1. The van der Waals surface area contributed by atoms with Crippen molar-refractivity contribution >= 4 is 6.21 Å². The number of hydrogen-bond acceptors (Lipinski definition) is 3. The maximum absolute atomic E-state index is 8.02. The molecule has 0 aliphatic rings. The first-order valence-electron chi connectivity index (χ1n) is 2.69. The van der Waals surface area contributed by atoms with Crippen molar-refractivity contribution in [1.82, 2.24) is 4.98 Å². The average molecular weight is 130 g/mol. The van der Waals surface area contributed by atoms with Crippen LogP contribution in [0.5, 0.6) is 0 Å². The number of aromatic nitrogens is 1. The van der Waals surface area contributed by atoms with Gasteiger partial charge in [0.1, 0.15) is 6.21 Å². The summed E-state index contributed by atoms with van der Waals surface area (Å²) >= 11 is 0. The Balaban J connectivity index is 2.79. The molecule has 0 aliphatic carbocycles. The summed E-state index contributed by atoms with van der Waals surface area (Å²) in [5.41, 5.74) is 0.573. The van der Waals surface area contributed by atoms with E-state index in [9.17, 15) is 0 Å². The predicted octanol–water partition coefficient (Wildman–Crippen LogP) is 0.859. The fourth-order valence-electron chi connectivity index (χ4n) is 0.511. The van der Waals surface area contributed by atoms with E-state index in [-0.39, 0.29) is 0 Å². The lowest BCUT2D eigenvalue weighted by atomic mass is 10.4. The van der Waals surface area contributed by atoms with Crippen LogP contribution in [0.2, 0.25) is 0 Å². The van der Waals surface area contributed by atoms with Crippen LogP contribution in [-0.4, -0.2) is 11.2 Å². The van der Waals surface area contributed by atoms with Crippen LogP contribution in [0.15, 0.2) is 29.4 Å². The second-order valence-electron chi connectivity index (χ2n) is 1.54. The van der Waals surface area contributed by atoms with Crippen molar-refractivity contribution < 1.29 is 0 Å². The van der Waals surface area contributed by atoms with Gasteiger partial charge in [0, 0.05) is 6.20 Å². The fraction of sp³-hybridized carbons (Fsp3) is 0. The fourth-order valence-corrected chi connectivity index (χ4v) is 0.511. The molecule has 0 aliphatic heterocycles. The van der Waals surface area contributed by atoms with E-state index in [0.29, 0.717) is 5.69 Å². The number of nitriles is 1. The molecular weight excluding hydrogens is 126 g/mol. The molecule has 0 atom stereocenters. The molecule has 0 saturated heterocycles. The SMILES string of the molecule is N#C/N=[C]\c1ccccn1. The van der Waals surface area contributed by atoms with Gasteiger partial charge in [0.15, 0.2) is 0 Å². The average Bonchev–Trinajstić information content (AvgIpc) is 2.03. The highest BCUT2D eigenvalue weighted by Crippen LogP contribution is 1.87. The summed E-state index contributed by atoms with van der Waals surface area (Å²) in [6, 6.07) is 5.32. The number of hydrogen-bond donors (Lipinski definition) is 0. The Kier molecular flexibility index (Phi) is 2.16. The topological polar surface area (TPSA) is 49.0 Å². The van der Waals surface area contributed by atoms with Gasteiger partial charge in [0.05, 0.1) is 5.69 Å². The summed E-state index contributed by atoms with van der Waals surface area (Å²) in [5, 5.41) is 8.02. The highest BCUT2D eigenvalue weighted by molar-refractivity contribution is 5.77. The zero-order valence-electron chi connectivity index (χ0n) is 5.15. The molecule has 0 saturated carbocycles. The minimum Gasteiger partial charge on any atom is -0.255 e. The summed E-state index contributed by atoms with van der Waals surface area (Å²) < 4.78 is 0. The first kappa shape index (κ1) is 6.43. The molecule has 0 aromatic carbocycles. The third-order valence-electron chi connectivity index (χ3n) is 0.885. The molecule has 3 heteroatoms. The zero-order valence-corrected chi connectivity index (χ0v) is 5.15. The normalized spacial score (nSPS) is 9.50. The van der Waals surface area contributed by atoms with Gasteiger partial charge in [-0.3, -0.25) is 4.98 Å². The van der Waals surface area contributed by atoms with Crippen LogP contribution in [-0.2, 0) is 0 Å². The van der Waals surface area contributed by atoms with Gasteiger partial charge in [-0.2, -0.15) is 10.3 Å². The quantitative estimate of drug-likeness (QED) is 0.418. The molecule has 0 bridgehead atoms. The van der Waals surface area contributed by atoms with E-state index in [1.807, 2.05) is 6.07 Å². The summed E-state index contributed by atoms with van der Waals surface area (Å²) in [4.78, 5) is 7.10. The van der Waals surface area contributed by atoms with Gasteiger partial charge in [-0.05, 0) is 12.1 Å². The van der Waals surface area contributed by atoms with E-state index >= 15 is 0 Å². The standard InChI is InChI=1S/C7H4N3/c8-6-9-5-7-3-1-2-4-10-7/h1-4H. The molecule has 0 N–H and O–H groups in total. The van der Waals surface area contributed by atoms with Crippen LogP contribution in [0.4, 0.5) is 0 Å². The van der Waals surface area contributed by atoms with Crippen molar-refractivity contribution in [2.75, 3.05) is 0 Å². The molecule has 10 heavy (non-hydrogen) atoms. The highest BCUT2D eigenvalue weighted by atomic mass is 14.7. The largest absolute Gasteiger partial charge is 0.255 e. The lowest BCUT2D eigenvalue weighted by Gasteiger charge is -1.83. The molecule has 0 amide bonds. The molecule has 1 aromatic rings. The summed E-state index contributed by atoms with van der Waals surface area (Å²) in [7, 11) is 0. The van der Waals surface area contributed by atoms with Crippen molar-refractivity contribution in [1.29, 1.82) is 5.26 Å². The highest BCUT2D eigenvalue weighted by Gasteiger charge is 1.83. The van der Waals surface area contributed by atoms with Crippen LogP contribution in [0.1, 0.15) is 5.69 Å². The lowest BCUT2D eigenvalue weighted by Crippen LogP contribution is -1.82. The van der Waals surface area contributed by atoms with Crippen LogP contribution in [0.3, 0.4) is 0 Å². The third-order valence-corrected chi connectivity index (χ3v) is 0.885. The zero-order chi connectivity index (χ0) is 7.23. The molecule has 0 unspecified atom stereocenters. The van der Waals surface area contributed by atoms with Gasteiger partial charge in [-0.15, -0.1) is 0 Å². The van der Waals surface area contributed by atoms with Crippen LogP contribution < -0.4 is 0 Å². The molecule has 0 spiro atoms. The molecular formula is C7H4N3. The van der Waals surface area contributed by atoms with E-state index in [1.54, 1.807) is 24.5 Å². The number of nitrogens with zero attached hydrogens (tertiary/aromatic N) is 3. The second-order valence-corrected chi connectivity index (χ2v) is 1.54. The van der Waals surface area contributed by atoms with Crippen molar-refractivity contribution in [3.63, 3.8) is 0 Å². The summed E-state index contributed by atoms with van der Waals surface area (Å²) in [6.45, 7) is 0. The maximum atomic E-state index is 8.02. The van der Waals surface area contributed by atoms with Crippen molar-refractivity contribution in [2.45, 2.75) is 0 Å². The van der Waals surface area contributed by atoms with Crippen molar-refractivity contribution in [3.05, 3.63) is 30.1 Å². The smallest absolute Gasteiger partial charge is 0.206 e. The molecule has 1 aromatic heterocycles. The van der Waals surface area contributed by atoms with E-state index in [1.165, 1.54) is 0 Å². The minimum absolute atomic E-state index is 0.573. The Morgan fingerprint density at radius 1 is 1.50 bits per heavy atom. The molecule has 0 fully saturated rings. The van der Waals surface area contributed by atoms with Gasteiger partial charge in [-0.1, -0.05) is 6.07 Å². The summed E-state index contributed by atoms with van der Waals surface area (Å²) in [5.74, 6) is 0. The van der Waals surface area contributed by atoms with Gasteiger partial charge >= 0.3 is 0 Å². The monoisotopic (exact) mass is 130 g/mol. The van der Waals surface area contributed by atoms with Crippen LogP contribution in [0, 0.1) is 11.5 Å². The molecule has 1 rings (SSSR count). The summed E-state index contributed by atoms with van der Waals surface area (Å²) in [6.07, 6.45) is 5.66. The van der Waals surface area contributed by atoms with E-state index in [2.05, 4.69) is 16.2 Å². The van der Waals surface area contributed by atoms with Gasteiger partial charge in [0.25, 0.3) is 0 Å². The van der Waals surface area contributed by atoms with E-state index < -0.39 is 0 Å². The van der Waals surface area contributed by atoms with E-state index in [0.717, 1.165) is 0 Å². The molecule has 1 radical (unpaired) electrons. The molecule has 3 nitrogen and oxygen atoms in total. The second kappa shape index (κ2) is 3.36. The van der Waals surface area contributed by atoms with Gasteiger partial charge < -0.3 is 0 Å². The Labute approximate surface area is 58.7 Å². The first-order chi connectivity index (χ1) is 4.93. The van der Waals surface area contributed by atoms with Crippen LogP contribution >= 0.6 is 0 Å². The lowest BCUT2D eigenvalue weighted by molar-refractivity contribution is 1.30. The minimum atomic E-state index is 0.573. The van der Waals surface area contributed by atoms with Crippen molar-refractivity contribution in [3.8, 4) is 6.19 Å². The van der Waals surface area contributed by atoms with Crippen molar-refractivity contribution in [2.24, 2.45) is 4.99 Å². The maximum Gasteiger partial charge on any atom is 0.206 e. The molecule has 1 heterocycles. The number of rotatable bonds is 1. The van der Waals surface area contributed by atoms with Crippen LogP contribution in [0.25, 0.3) is 0 Å².